The van der Waals surface area contributed by atoms with Crippen molar-refractivity contribution in [2.75, 3.05) is 0 Å². The highest BCUT2D eigenvalue weighted by Gasteiger charge is 2.82. The van der Waals surface area contributed by atoms with Crippen molar-refractivity contribution < 1.29 is 0 Å². The largest absolute Gasteiger partial charge is 0.0955 e. The van der Waals surface area contributed by atoms with Crippen molar-refractivity contribution in [1.82, 2.24) is 0 Å². The van der Waals surface area contributed by atoms with Crippen LogP contribution in [0.3, 0.4) is 0 Å². The van der Waals surface area contributed by atoms with Crippen molar-refractivity contribution in [2.45, 2.75) is 71.6 Å². The SMILES string of the molecule is C=C1C=C2CCC[C@@H]3CC=C[C@@]4([C@@H]1C4(C)C)[C@@]23C1CCCCC1. The number of hydrogen-bond acceptors (Lipinski definition) is 0. The molecular weight excluding hydrogens is 276 g/mol. The molecule has 4 atom stereocenters. The van der Waals surface area contributed by atoms with Crippen LogP contribution in [0.2, 0.25) is 0 Å². The summed E-state index contributed by atoms with van der Waals surface area (Å²) in [5, 5.41) is 0. The monoisotopic (exact) mass is 308 g/mol. The molecule has 0 aromatic rings. The third kappa shape index (κ3) is 1.42. The van der Waals surface area contributed by atoms with E-state index < -0.39 is 0 Å². The van der Waals surface area contributed by atoms with Gasteiger partial charge in [0.05, 0.1) is 0 Å². The number of rotatable bonds is 1. The van der Waals surface area contributed by atoms with Crippen LogP contribution in [-0.2, 0) is 0 Å². The molecule has 5 rings (SSSR count). The minimum Gasteiger partial charge on any atom is -0.0955 e. The van der Waals surface area contributed by atoms with E-state index in [1.807, 2.05) is 5.57 Å². The second-order valence-electron chi connectivity index (χ2n) is 9.70. The maximum absolute atomic E-state index is 4.53. The molecular formula is C23H32. The van der Waals surface area contributed by atoms with Gasteiger partial charge in [-0.05, 0) is 61.7 Å². The quantitative estimate of drug-likeness (QED) is 0.488. The molecule has 0 aliphatic heterocycles. The molecule has 5 aliphatic rings. The van der Waals surface area contributed by atoms with E-state index in [2.05, 4.69) is 38.7 Å². The number of allylic oxidation sites excluding steroid dienone is 5. The molecule has 0 bridgehead atoms. The van der Waals surface area contributed by atoms with Gasteiger partial charge < -0.3 is 0 Å². The second-order valence-corrected chi connectivity index (χ2v) is 9.70. The minimum atomic E-state index is 0.409. The molecule has 0 amide bonds. The zero-order valence-electron chi connectivity index (χ0n) is 15.0. The topological polar surface area (TPSA) is 0 Å². The Morgan fingerprint density at radius 2 is 1.74 bits per heavy atom. The normalized spacial score (nSPS) is 47.6. The number of hydrogen-bond donors (Lipinski definition) is 0. The van der Waals surface area contributed by atoms with Crippen LogP contribution in [0.4, 0.5) is 0 Å². The van der Waals surface area contributed by atoms with Crippen LogP contribution in [0, 0.1) is 34.0 Å². The Hall–Kier alpha value is -0.780. The van der Waals surface area contributed by atoms with Crippen LogP contribution in [0.1, 0.15) is 71.6 Å². The Bertz CT molecular complexity index is 612. The van der Waals surface area contributed by atoms with Gasteiger partial charge in [-0.1, -0.05) is 69.1 Å². The van der Waals surface area contributed by atoms with Crippen LogP contribution in [0.15, 0.2) is 36.0 Å². The van der Waals surface area contributed by atoms with Gasteiger partial charge in [0, 0.05) is 10.8 Å². The van der Waals surface area contributed by atoms with E-state index in [1.165, 1.54) is 63.4 Å². The van der Waals surface area contributed by atoms with Gasteiger partial charge in [0.15, 0.2) is 0 Å². The van der Waals surface area contributed by atoms with Gasteiger partial charge in [-0.15, -0.1) is 0 Å². The Morgan fingerprint density at radius 1 is 1.00 bits per heavy atom. The Kier molecular flexibility index (Phi) is 2.81. The average molecular weight is 309 g/mol. The zero-order valence-corrected chi connectivity index (χ0v) is 15.0. The van der Waals surface area contributed by atoms with E-state index in [9.17, 15) is 0 Å². The van der Waals surface area contributed by atoms with Gasteiger partial charge in [0.25, 0.3) is 0 Å². The third-order valence-electron chi connectivity index (χ3n) is 8.80. The van der Waals surface area contributed by atoms with Gasteiger partial charge in [-0.3, -0.25) is 0 Å². The molecule has 5 aliphatic carbocycles. The molecule has 0 unspecified atom stereocenters. The van der Waals surface area contributed by atoms with E-state index >= 15 is 0 Å². The summed E-state index contributed by atoms with van der Waals surface area (Å²) in [7, 11) is 0. The summed E-state index contributed by atoms with van der Waals surface area (Å²) >= 11 is 0. The summed E-state index contributed by atoms with van der Waals surface area (Å²) in [5.74, 6) is 2.56. The molecule has 124 valence electrons. The second kappa shape index (κ2) is 4.44. The van der Waals surface area contributed by atoms with Gasteiger partial charge in [-0.2, -0.15) is 0 Å². The van der Waals surface area contributed by atoms with Gasteiger partial charge in [0.2, 0.25) is 0 Å². The van der Waals surface area contributed by atoms with Crippen LogP contribution < -0.4 is 0 Å². The lowest BCUT2D eigenvalue weighted by Crippen LogP contribution is -2.53. The molecule has 0 radical (unpaired) electrons. The molecule has 3 saturated carbocycles. The molecule has 3 fully saturated rings. The lowest BCUT2D eigenvalue weighted by atomic mass is 9.43. The molecule has 0 aromatic carbocycles. The predicted octanol–water partition coefficient (Wildman–Crippen LogP) is 6.45. The summed E-state index contributed by atoms with van der Waals surface area (Å²) in [6.07, 6.45) is 20.8. The smallest absolute Gasteiger partial charge is 0.0112 e. The first-order valence-corrected chi connectivity index (χ1v) is 10.1. The Balaban J connectivity index is 1.77. The Labute approximate surface area is 142 Å². The molecule has 0 heterocycles. The van der Waals surface area contributed by atoms with E-state index in [4.69, 9.17) is 0 Å². The molecule has 1 spiro atoms. The summed E-state index contributed by atoms with van der Waals surface area (Å²) in [5.41, 5.74) is 4.59. The molecule has 0 saturated heterocycles. The molecule has 23 heavy (non-hydrogen) atoms. The average Bonchev–Trinajstić information content (AvgIpc) is 3.05. The summed E-state index contributed by atoms with van der Waals surface area (Å²) in [4.78, 5) is 0. The highest BCUT2D eigenvalue weighted by Crippen LogP contribution is 2.87. The van der Waals surface area contributed by atoms with Gasteiger partial charge >= 0.3 is 0 Å². The molecule has 0 aromatic heterocycles. The Morgan fingerprint density at radius 3 is 2.52 bits per heavy atom. The fraction of sp³-hybridized carbons (Fsp3) is 0.739. The van der Waals surface area contributed by atoms with Crippen molar-refractivity contribution in [2.24, 2.45) is 34.0 Å². The first-order valence-electron chi connectivity index (χ1n) is 10.1. The van der Waals surface area contributed by atoms with E-state index in [0.29, 0.717) is 22.2 Å². The van der Waals surface area contributed by atoms with Crippen molar-refractivity contribution >= 4 is 0 Å². The van der Waals surface area contributed by atoms with Crippen molar-refractivity contribution in [1.29, 1.82) is 0 Å². The fourth-order valence-electron chi connectivity index (χ4n) is 8.32. The first kappa shape index (κ1) is 14.6. The van der Waals surface area contributed by atoms with Crippen molar-refractivity contribution in [3.63, 3.8) is 0 Å². The maximum atomic E-state index is 4.53. The van der Waals surface area contributed by atoms with E-state index in [0.717, 1.165) is 11.8 Å². The lowest BCUT2D eigenvalue weighted by molar-refractivity contribution is -0.0243. The van der Waals surface area contributed by atoms with E-state index in [-0.39, 0.29) is 0 Å². The summed E-state index contributed by atoms with van der Waals surface area (Å²) in [6.45, 7) is 9.63. The third-order valence-corrected chi connectivity index (χ3v) is 8.80. The highest BCUT2D eigenvalue weighted by atomic mass is 14.8. The highest BCUT2D eigenvalue weighted by molar-refractivity contribution is 5.54. The fourth-order valence-corrected chi connectivity index (χ4v) is 8.32. The standard InChI is InChI=1S/C23H32/c1-16-15-19-12-7-11-18-13-8-14-22(20(16)21(22,2)3)23(18,19)17-9-5-4-6-10-17/h8,14-15,17-18,20H,1,4-7,9-13H2,2-3H3/t18-,20+,22+,23-/m1/s1. The molecule has 0 nitrogen and oxygen atoms in total. The maximum Gasteiger partial charge on any atom is 0.0112 e. The van der Waals surface area contributed by atoms with Crippen LogP contribution in [-0.4, -0.2) is 0 Å². The van der Waals surface area contributed by atoms with Gasteiger partial charge in [0.1, 0.15) is 0 Å². The summed E-state index contributed by atoms with van der Waals surface area (Å²) in [6, 6.07) is 0. The van der Waals surface area contributed by atoms with Crippen molar-refractivity contribution in [3.8, 4) is 0 Å². The molecule has 0 N–H and O–H groups in total. The molecule has 0 heteroatoms. The minimum absolute atomic E-state index is 0.409. The lowest BCUT2D eigenvalue weighted by Gasteiger charge is -2.60. The predicted molar refractivity (Wildman–Crippen MR) is 97.0 cm³/mol. The van der Waals surface area contributed by atoms with E-state index in [1.54, 1.807) is 0 Å². The van der Waals surface area contributed by atoms with Crippen LogP contribution in [0.5, 0.6) is 0 Å². The summed E-state index contributed by atoms with van der Waals surface area (Å²) < 4.78 is 0. The van der Waals surface area contributed by atoms with Crippen molar-refractivity contribution in [3.05, 3.63) is 36.0 Å². The van der Waals surface area contributed by atoms with Crippen LogP contribution in [0.25, 0.3) is 0 Å². The van der Waals surface area contributed by atoms with Gasteiger partial charge in [-0.25, -0.2) is 0 Å². The first-order chi connectivity index (χ1) is 11.1. The zero-order chi connectivity index (χ0) is 15.9. The van der Waals surface area contributed by atoms with Crippen LogP contribution >= 0.6 is 0 Å².